The van der Waals surface area contributed by atoms with Crippen molar-refractivity contribution in [3.8, 4) is 0 Å². The molecule has 0 aliphatic carbocycles. The summed E-state index contributed by atoms with van der Waals surface area (Å²) in [6.07, 6.45) is 0.137. The number of amides is 5. The summed E-state index contributed by atoms with van der Waals surface area (Å²) in [4.78, 5) is 66.2. The first-order valence-corrected chi connectivity index (χ1v) is 11.0. The fourth-order valence-electron chi connectivity index (χ4n) is 3.78. The highest BCUT2D eigenvalue weighted by Crippen LogP contribution is 2.22. The third kappa shape index (κ3) is 6.09. The van der Waals surface area contributed by atoms with Gasteiger partial charge in [-0.25, -0.2) is 4.79 Å². The second-order valence-corrected chi connectivity index (χ2v) is 9.04. The van der Waals surface area contributed by atoms with Gasteiger partial charge in [0.2, 0.25) is 11.8 Å². The van der Waals surface area contributed by atoms with Crippen LogP contribution in [-0.4, -0.2) is 89.3 Å². The van der Waals surface area contributed by atoms with Crippen molar-refractivity contribution in [3.63, 3.8) is 0 Å². The summed E-state index contributed by atoms with van der Waals surface area (Å²) < 4.78 is 5.14. The Kier molecular flexibility index (Phi) is 7.35. The molecule has 10 nitrogen and oxygen atoms in total. The Morgan fingerprint density at radius 1 is 0.909 bits per heavy atom. The standard InChI is InChI=1S/C23H30N4O6/c1-23(2,3)33-22(32)24-10-9-18(28)25-11-6-12-26(14-13-25)19(29)15-27-20(30)16-7-4-5-8-17(16)21(27)31/h4-5,7-8H,6,9-15H2,1-3H3,(H,24,32). The third-order valence-electron chi connectivity index (χ3n) is 5.38. The molecule has 1 saturated heterocycles. The first-order chi connectivity index (χ1) is 15.6. The molecule has 0 saturated carbocycles. The highest BCUT2D eigenvalue weighted by Gasteiger charge is 2.37. The predicted octanol–water partition coefficient (Wildman–Crippen LogP) is 1.26. The van der Waals surface area contributed by atoms with Gasteiger partial charge in [-0.1, -0.05) is 12.1 Å². The summed E-state index contributed by atoms with van der Waals surface area (Å²) in [7, 11) is 0. The summed E-state index contributed by atoms with van der Waals surface area (Å²) >= 11 is 0. The largest absolute Gasteiger partial charge is 0.444 e. The average molecular weight is 459 g/mol. The number of ether oxygens (including phenoxy) is 1. The van der Waals surface area contributed by atoms with Crippen LogP contribution < -0.4 is 5.32 Å². The molecule has 178 valence electrons. The molecule has 0 aromatic heterocycles. The van der Waals surface area contributed by atoms with Gasteiger partial charge in [0.05, 0.1) is 11.1 Å². The van der Waals surface area contributed by atoms with Crippen molar-refractivity contribution in [2.24, 2.45) is 0 Å². The minimum Gasteiger partial charge on any atom is -0.444 e. The number of imide groups is 1. The van der Waals surface area contributed by atoms with Crippen LogP contribution in [0.3, 0.4) is 0 Å². The van der Waals surface area contributed by atoms with Crippen LogP contribution >= 0.6 is 0 Å². The number of alkyl carbamates (subject to hydrolysis) is 1. The molecule has 2 aliphatic heterocycles. The maximum absolute atomic E-state index is 12.8. The first-order valence-electron chi connectivity index (χ1n) is 11.0. The normalized spacial score (nSPS) is 16.4. The van der Waals surface area contributed by atoms with Gasteiger partial charge < -0.3 is 19.9 Å². The van der Waals surface area contributed by atoms with Gasteiger partial charge in [0.25, 0.3) is 11.8 Å². The van der Waals surface area contributed by atoms with Crippen LogP contribution in [0.2, 0.25) is 0 Å². The van der Waals surface area contributed by atoms with E-state index in [1.54, 1.807) is 54.8 Å². The first kappa shape index (κ1) is 24.2. The Bertz CT molecular complexity index is 920. The van der Waals surface area contributed by atoms with Gasteiger partial charge in [-0.3, -0.25) is 24.1 Å². The van der Waals surface area contributed by atoms with Crippen molar-refractivity contribution < 1.29 is 28.7 Å². The molecular formula is C23H30N4O6. The minimum absolute atomic E-state index is 0.124. The molecule has 1 aromatic carbocycles. The Balaban J connectivity index is 1.46. The molecule has 0 atom stereocenters. The fraction of sp³-hybridized carbons (Fsp3) is 0.522. The summed E-state index contributed by atoms with van der Waals surface area (Å²) in [5.74, 6) is -1.38. The molecule has 1 aromatic rings. The molecular weight excluding hydrogens is 428 g/mol. The second kappa shape index (κ2) is 10.0. The van der Waals surface area contributed by atoms with Crippen molar-refractivity contribution in [2.75, 3.05) is 39.3 Å². The third-order valence-corrected chi connectivity index (χ3v) is 5.38. The summed E-state index contributed by atoms with van der Waals surface area (Å²) in [5, 5.41) is 2.57. The van der Waals surface area contributed by atoms with Crippen molar-refractivity contribution >= 4 is 29.7 Å². The molecule has 10 heteroatoms. The van der Waals surface area contributed by atoms with E-state index in [1.165, 1.54) is 0 Å². The van der Waals surface area contributed by atoms with Crippen LogP contribution in [0.4, 0.5) is 4.79 Å². The zero-order valence-electron chi connectivity index (χ0n) is 19.3. The van der Waals surface area contributed by atoms with Gasteiger partial charge in [-0.15, -0.1) is 0 Å². The number of carbonyl (C=O) groups is 5. The Labute approximate surface area is 192 Å². The second-order valence-electron chi connectivity index (χ2n) is 9.04. The van der Waals surface area contributed by atoms with Crippen molar-refractivity contribution in [1.82, 2.24) is 20.0 Å². The van der Waals surface area contributed by atoms with E-state index < -0.39 is 23.5 Å². The molecule has 0 unspecified atom stereocenters. The summed E-state index contributed by atoms with van der Waals surface area (Å²) in [5.41, 5.74) is 0.00737. The topological polar surface area (TPSA) is 116 Å². The highest BCUT2D eigenvalue weighted by molar-refractivity contribution is 6.22. The lowest BCUT2D eigenvalue weighted by molar-refractivity contribution is -0.133. The zero-order chi connectivity index (χ0) is 24.2. The number of benzene rings is 1. The van der Waals surface area contributed by atoms with E-state index in [0.717, 1.165) is 4.90 Å². The zero-order valence-corrected chi connectivity index (χ0v) is 19.3. The molecule has 1 N–H and O–H groups in total. The van der Waals surface area contributed by atoms with E-state index in [1.807, 2.05) is 0 Å². The van der Waals surface area contributed by atoms with Gasteiger partial charge in [-0.2, -0.15) is 0 Å². The van der Waals surface area contributed by atoms with E-state index in [2.05, 4.69) is 5.32 Å². The highest BCUT2D eigenvalue weighted by atomic mass is 16.6. The number of rotatable bonds is 5. The maximum atomic E-state index is 12.8. The number of fused-ring (bicyclic) bond motifs is 1. The molecule has 0 radical (unpaired) electrons. The van der Waals surface area contributed by atoms with Gasteiger partial charge in [0.15, 0.2) is 0 Å². The Hall–Kier alpha value is -3.43. The van der Waals surface area contributed by atoms with E-state index in [0.29, 0.717) is 43.7 Å². The van der Waals surface area contributed by atoms with Gasteiger partial charge in [-0.05, 0) is 39.3 Å². The number of nitrogens with one attached hydrogen (secondary N) is 1. The molecule has 2 heterocycles. The van der Waals surface area contributed by atoms with Crippen molar-refractivity contribution in [2.45, 2.75) is 39.2 Å². The lowest BCUT2D eigenvalue weighted by Crippen LogP contribution is -2.44. The van der Waals surface area contributed by atoms with Crippen LogP contribution in [-0.2, 0) is 14.3 Å². The minimum atomic E-state index is -0.609. The number of hydrogen-bond donors (Lipinski definition) is 1. The van der Waals surface area contributed by atoms with E-state index in [4.69, 9.17) is 4.74 Å². The lowest BCUT2D eigenvalue weighted by atomic mass is 10.1. The molecule has 0 spiro atoms. The lowest BCUT2D eigenvalue weighted by Gasteiger charge is -2.24. The van der Waals surface area contributed by atoms with Crippen molar-refractivity contribution in [1.29, 1.82) is 0 Å². The van der Waals surface area contributed by atoms with Crippen LogP contribution in [0, 0.1) is 0 Å². The predicted molar refractivity (Wildman–Crippen MR) is 118 cm³/mol. The van der Waals surface area contributed by atoms with E-state index in [9.17, 15) is 24.0 Å². The molecule has 5 amide bonds. The summed E-state index contributed by atoms with van der Waals surface area (Å²) in [6.45, 7) is 6.70. The van der Waals surface area contributed by atoms with Gasteiger partial charge in [0.1, 0.15) is 12.1 Å². The fourth-order valence-corrected chi connectivity index (χ4v) is 3.78. The molecule has 3 rings (SSSR count). The molecule has 0 bridgehead atoms. The van der Waals surface area contributed by atoms with Crippen LogP contribution in [0.25, 0.3) is 0 Å². The quantitative estimate of drug-likeness (QED) is 0.664. The van der Waals surface area contributed by atoms with Crippen LogP contribution in [0.5, 0.6) is 0 Å². The smallest absolute Gasteiger partial charge is 0.407 e. The van der Waals surface area contributed by atoms with E-state index in [-0.39, 0.29) is 31.3 Å². The number of carbonyl (C=O) groups excluding carboxylic acids is 5. The Morgan fingerprint density at radius 3 is 2.00 bits per heavy atom. The maximum Gasteiger partial charge on any atom is 0.407 e. The average Bonchev–Trinajstić information content (AvgIpc) is 2.92. The SMILES string of the molecule is CC(C)(C)OC(=O)NCCC(=O)N1CCCN(C(=O)CN2C(=O)c3ccccc3C2=O)CC1. The summed E-state index contributed by atoms with van der Waals surface area (Å²) in [6, 6.07) is 6.51. The molecule has 1 fully saturated rings. The van der Waals surface area contributed by atoms with Gasteiger partial charge >= 0.3 is 6.09 Å². The van der Waals surface area contributed by atoms with E-state index >= 15 is 0 Å². The Morgan fingerprint density at radius 2 is 1.45 bits per heavy atom. The number of hydrogen-bond acceptors (Lipinski definition) is 6. The molecule has 33 heavy (non-hydrogen) atoms. The van der Waals surface area contributed by atoms with Crippen LogP contribution in [0.1, 0.15) is 54.3 Å². The van der Waals surface area contributed by atoms with Crippen molar-refractivity contribution in [3.05, 3.63) is 35.4 Å². The molecule has 2 aliphatic rings. The van der Waals surface area contributed by atoms with Gasteiger partial charge in [0, 0.05) is 39.1 Å². The monoisotopic (exact) mass is 458 g/mol. The number of nitrogens with zero attached hydrogens (tertiary/aromatic N) is 3. The van der Waals surface area contributed by atoms with Crippen LogP contribution in [0.15, 0.2) is 24.3 Å².